The highest BCUT2D eigenvalue weighted by Crippen LogP contribution is 2.26. The van der Waals surface area contributed by atoms with Gasteiger partial charge in [-0.15, -0.1) is 0 Å². The van der Waals surface area contributed by atoms with Crippen LogP contribution in [0.5, 0.6) is 0 Å². The van der Waals surface area contributed by atoms with Crippen LogP contribution in [0.4, 0.5) is 13.2 Å². The molecule has 0 aliphatic carbocycles. The van der Waals surface area contributed by atoms with Gasteiger partial charge in [0, 0.05) is 8.47 Å². The third-order valence-electron chi connectivity index (χ3n) is 1.22. The van der Waals surface area contributed by atoms with Gasteiger partial charge >= 0.3 is 5.51 Å². The third kappa shape index (κ3) is 2.94. The van der Waals surface area contributed by atoms with Crippen LogP contribution in [-0.4, -0.2) is 9.72 Å². The fraction of sp³-hybridized carbons (Fsp3) is 0.143. The zero-order valence-corrected chi connectivity index (χ0v) is 9.11. The number of alkyl halides is 3. The van der Waals surface area contributed by atoms with Gasteiger partial charge < -0.3 is 0 Å². The monoisotopic (exact) mass is 320 g/mol. The van der Waals surface area contributed by atoms with Crippen molar-refractivity contribution in [2.45, 2.75) is 10.4 Å². The van der Waals surface area contributed by atoms with Crippen molar-refractivity contribution in [2.75, 3.05) is 0 Å². The first-order chi connectivity index (χ1) is 5.91. The minimum Gasteiger partial charge on any atom is -0.245 e. The van der Waals surface area contributed by atoms with Crippen molar-refractivity contribution in [2.24, 2.45) is 0 Å². The molecule has 0 saturated carbocycles. The molecule has 13 heavy (non-hydrogen) atoms. The van der Waals surface area contributed by atoms with Crippen LogP contribution in [-0.2, 0) is 10.8 Å². The van der Waals surface area contributed by atoms with Crippen LogP contribution in [0.3, 0.4) is 0 Å². The summed E-state index contributed by atoms with van der Waals surface area (Å²) in [6.07, 6.45) is 0. The number of halogens is 4. The van der Waals surface area contributed by atoms with Crippen molar-refractivity contribution in [3.05, 3.63) is 27.8 Å². The van der Waals surface area contributed by atoms with Crippen LogP contribution in [0, 0.1) is 3.57 Å². The molecule has 0 fully saturated rings. The van der Waals surface area contributed by atoms with E-state index < -0.39 is 16.3 Å². The van der Waals surface area contributed by atoms with Crippen molar-refractivity contribution in [3.63, 3.8) is 0 Å². The van der Waals surface area contributed by atoms with Gasteiger partial charge in [0.15, 0.2) is 10.8 Å². The molecule has 0 heterocycles. The van der Waals surface area contributed by atoms with E-state index in [0.29, 0.717) is 3.57 Å². The molecule has 1 rings (SSSR count). The fourth-order valence-electron chi connectivity index (χ4n) is 0.716. The fourth-order valence-corrected chi connectivity index (χ4v) is 2.17. The van der Waals surface area contributed by atoms with E-state index in [9.17, 15) is 17.4 Å². The molecule has 0 radical (unpaired) electrons. The molecule has 72 valence electrons. The number of hydrogen-bond donors (Lipinski definition) is 0. The van der Waals surface area contributed by atoms with E-state index in [1.54, 1.807) is 6.07 Å². The molecule has 0 bridgehead atoms. The Labute approximate surface area is 88.9 Å². The summed E-state index contributed by atoms with van der Waals surface area (Å²) in [5.41, 5.74) is -4.68. The van der Waals surface area contributed by atoms with Crippen LogP contribution in [0.25, 0.3) is 0 Å². The third-order valence-corrected chi connectivity index (χ3v) is 2.99. The standard InChI is InChI=1S/C7H4F3IOS/c8-7(9,10)13(12)6-3-1-2-5(11)4-6/h1-4H. The lowest BCUT2D eigenvalue weighted by atomic mass is 10.4. The molecule has 0 aromatic heterocycles. The second kappa shape index (κ2) is 3.95. The van der Waals surface area contributed by atoms with E-state index in [4.69, 9.17) is 0 Å². The minimum absolute atomic E-state index is 0.209. The molecule has 1 nitrogen and oxygen atoms in total. The summed E-state index contributed by atoms with van der Waals surface area (Å²) in [4.78, 5) is -0.209. The van der Waals surface area contributed by atoms with Gasteiger partial charge in [-0.3, -0.25) is 0 Å². The molecule has 0 N–H and O–H groups in total. The maximum Gasteiger partial charge on any atom is 0.475 e. The highest BCUT2D eigenvalue weighted by Gasteiger charge is 2.37. The van der Waals surface area contributed by atoms with Gasteiger partial charge in [-0.1, -0.05) is 6.07 Å². The average molecular weight is 320 g/mol. The summed E-state index contributed by atoms with van der Waals surface area (Å²) in [6.45, 7) is 0. The smallest absolute Gasteiger partial charge is 0.245 e. The Morgan fingerprint density at radius 2 is 1.92 bits per heavy atom. The lowest BCUT2D eigenvalue weighted by molar-refractivity contribution is -0.0384. The summed E-state index contributed by atoms with van der Waals surface area (Å²) in [5.74, 6) is 0. The van der Waals surface area contributed by atoms with Gasteiger partial charge in [0.25, 0.3) is 0 Å². The second-order valence-electron chi connectivity index (χ2n) is 2.17. The highest BCUT2D eigenvalue weighted by molar-refractivity contribution is 14.1. The van der Waals surface area contributed by atoms with Gasteiger partial charge in [-0.25, -0.2) is 4.21 Å². The molecular formula is C7H4F3IOS. The summed E-state index contributed by atoms with van der Waals surface area (Å²) < 4.78 is 47.3. The normalized spacial score (nSPS) is 14.2. The van der Waals surface area contributed by atoms with Crippen LogP contribution in [0.2, 0.25) is 0 Å². The highest BCUT2D eigenvalue weighted by atomic mass is 127. The summed E-state index contributed by atoms with van der Waals surface area (Å²) in [7, 11) is -2.92. The van der Waals surface area contributed by atoms with E-state index in [1.165, 1.54) is 18.2 Å². The quantitative estimate of drug-likeness (QED) is 0.727. The lowest BCUT2D eigenvalue weighted by Crippen LogP contribution is -2.16. The minimum atomic E-state index is -4.68. The van der Waals surface area contributed by atoms with Crippen molar-refractivity contribution < 1.29 is 17.4 Å². The van der Waals surface area contributed by atoms with E-state index in [1.807, 2.05) is 22.6 Å². The molecule has 0 amide bonds. The van der Waals surface area contributed by atoms with Crippen molar-refractivity contribution in [3.8, 4) is 0 Å². The summed E-state index contributed by atoms with van der Waals surface area (Å²) in [6, 6.07) is 5.54. The van der Waals surface area contributed by atoms with Crippen molar-refractivity contribution in [1.82, 2.24) is 0 Å². The molecule has 0 aliphatic rings. The Bertz CT molecular complexity index is 337. The molecule has 1 unspecified atom stereocenters. The van der Waals surface area contributed by atoms with Gasteiger partial charge in [0.2, 0.25) is 0 Å². The van der Waals surface area contributed by atoms with Crippen LogP contribution < -0.4 is 0 Å². The first kappa shape index (κ1) is 11.0. The van der Waals surface area contributed by atoms with Crippen molar-refractivity contribution >= 4 is 33.4 Å². The van der Waals surface area contributed by atoms with E-state index in [2.05, 4.69) is 0 Å². The Kier molecular flexibility index (Phi) is 3.33. The van der Waals surface area contributed by atoms with Gasteiger partial charge in [0.1, 0.15) is 0 Å². The Morgan fingerprint density at radius 3 is 2.38 bits per heavy atom. The number of benzene rings is 1. The van der Waals surface area contributed by atoms with E-state index in [0.717, 1.165) is 0 Å². The van der Waals surface area contributed by atoms with E-state index >= 15 is 0 Å². The zero-order chi connectivity index (χ0) is 10.1. The van der Waals surface area contributed by atoms with Crippen LogP contribution in [0.15, 0.2) is 29.2 Å². The zero-order valence-electron chi connectivity index (χ0n) is 6.14. The van der Waals surface area contributed by atoms with Crippen LogP contribution >= 0.6 is 22.6 Å². The molecule has 6 heteroatoms. The van der Waals surface area contributed by atoms with Gasteiger partial charge in [-0.05, 0) is 40.8 Å². The molecule has 0 saturated heterocycles. The number of hydrogen-bond acceptors (Lipinski definition) is 1. The molecule has 0 spiro atoms. The molecular weight excluding hydrogens is 316 g/mol. The first-order valence-corrected chi connectivity index (χ1v) is 5.38. The topological polar surface area (TPSA) is 17.1 Å². The molecule has 0 aliphatic heterocycles. The lowest BCUT2D eigenvalue weighted by Gasteiger charge is -2.05. The average Bonchev–Trinajstić information content (AvgIpc) is 2.01. The maximum atomic E-state index is 12.0. The predicted molar refractivity (Wildman–Crippen MR) is 51.6 cm³/mol. The molecule has 1 atom stereocenters. The summed E-state index contributed by atoms with van der Waals surface area (Å²) >= 11 is 1.87. The van der Waals surface area contributed by atoms with Crippen LogP contribution in [0.1, 0.15) is 0 Å². The number of rotatable bonds is 1. The van der Waals surface area contributed by atoms with Gasteiger partial charge in [0.05, 0.1) is 0 Å². The first-order valence-electron chi connectivity index (χ1n) is 3.15. The Morgan fingerprint density at radius 1 is 1.31 bits per heavy atom. The van der Waals surface area contributed by atoms with Gasteiger partial charge in [-0.2, -0.15) is 13.2 Å². The SMILES string of the molecule is O=S(c1cccc(I)c1)C(F)(F)F. The largest absolute Gasteiger partial charge is 0.475 e. The molecule has 1 aromatic carbocycles. The second-order valence-corrected chi connectivity index (χ2v) is 4.89. The maximum absolute atomic E-state index is 12.0. The Balaban J connectivity index is 3.03. The van der Waals surface area contributed by atoms with E-state index in [-0.39, 0.29) is 4.90 Å². The molecule has 1 aromatic rings. The predicted octanol–water partition coefficient (Wildman–Crippen LogP) is 2.92. The Hall–Kier alpha value is -0.110. The summed E-state index contributed by atoms with van der Waals surface area (Å²) in [5, 5.41) is 0. The van der Waals surface area contributed by atoms with Crippen molar-refractivity contribution in [1.29, 1.82) is 0 Å².